The molecule has 7 nitrogen and oxygen atoms in total. The SMILES string of the molecule is CCN(CCNC(=NC)NCc1ncnn1C)c1cccc(C)c1.I. The number of halogens is 1. The number of hydrogen-bond acceptors (Lipinski definition) is 4. The molecule has 1 aromatic heterocycles. The summed E-state index contributed by atoms with van der Waals surface area (Å²) in [5.74, 6) is 1.63. The van der Waals surface area contributed by atoms with Crippen LogP contribution in [0.3, 0.4) is 0 Å². The fourth-order valence-corrected chi connectivity index (χ4v) is 2.47. The first-order chi connectivity index (χ1) is 11.6. The second-order valence-corrected chi connectivity index (χ2v) is 5.57. The Kier molecular flexibility index (Phi) is 9.25. The molecule has 0 radical (unpaired) electrons. The lowest BCUT2D eigenvalue weighted by molar-refractivity contribution is 0.670. The van der Waals surface area contributed by atoms with Gasteiger partial charge in [0.05, 0.1) is 6.54 Å². The van der Waals surface area contributed by atoms with Crippen LogP contribution >= 0.6 is 24.0 Å². The number of anilines is 1. The lowest BCUT2D eigenvalue weighted by Gasteiger charge is -2.24. The van der Waals surface area contributed by atoms with E-state index in [1.807, 2.05) is 7.05 Å². The maximum atomic E-state index is 4.25. The summed E-state index contributed by atoms with van der Waals surface area (Å²) in [6, 6.07) is 8.58. The third-order valence-electron chi connectivity index (χ3n) is 3.87. The van der Waals surface area contributed by atoms with Gasteiger partial charge in [-0.1, -0.05) is 12.1 Å². The third kappa shape index (κ3) is 6.52. The summed E-state index contributed by atoms with van der Waals surface area (Å²) in [6.07, 6.45) is 1.55. The Morgan fingerprint density at radius 3 is 2.72 bits per heavy atom. The van der Waals surface area contributed by atoms with Crippen molar-refractivity contribution < 1.29 is 0 Å². The Balaban J connectivity index is 0.00000312. The molecule has 0 atom stereocenters. The maximum Gasteiger partial charge on any atom is 0.191 e. The van der Waals surface area contributed by atoms with E-state index in [0.29, 0.717) is 6.54 Å². The first kappa shape index (κ1) is 21.2. The molecule has 0 bridgehead atoms. The van der Waals surface area contributed by atoms with E-state index in [9.17, 15) is 0 Å². The topological polar surface area (TPSA) is 70.4 Å². The van der Waals surface area contributed by atoms with Crippen molar-refractivity contribution in [3.05, 3.63) is 42.0 Å². The molecule has 0 saturated carbocycles. The van der Waals surface area contributed by atoms with Crippen LogP contribution in [0.1, 0.15) is 18.3 Å². The van der Waals surface area contributed by atoms with Crippen molar-refractivity contribution in [3.63, 3.8) is 0 Å². The molecule has 0 unspecified atom stereocenters. The van der Waals surface area contributed by atoms with Crippen molar-refractivity contribution in [1.82, 2.24) is 25.4 Å². The van der Waals surface area contributed by atoms with Gasteiger partial charge in [-0.3, -0.25) is 9.67 Å². The number of aliphatic imine (C=N–C) groups is 1. The Morgan fingerprint density at radius 2 is 2.12 bits per heavy atom. The average molecular weight is 457 g/mol. The highest BCUT2D eigenvalue weighted by molar-refractivity contribution is 14.0. The Bertz CT molecular complexity index is 669. The van der Waals surface area contributed by atoms with E-state index in [1.54, 1.807) is 18.1 Å². The minimum Gasteiger partial charge on any atom is -0.370 e. The number of likely N-dealkylation sites (N-methyl/N-ethyl adjacent to an activating group) is 1. The highest BCUT2D eigenvalue weighted by Gasteiger charge is 2.06. The average Bonchev–Trinajstić information content (AvgIpc) is 2.99. The first-order valence-electron chi connectivity index (χ1n) is 8.23. The van der Waals surface area contributed by atoms with Gasteiger partial charge < -0.3 is 15.5 Å². The molecule has 1 aromatic carbocycles. The predicted octanol–water partition coefficient (Wildman–Crippen LogP) is 1.93. The van der Waals surface area contributed by atoms with Crippen LogP contribution in [0.2, 0.25) is 0 Å². The summed E-state index contributed by atoms with van der Waals surface area (Å²) in [6.45, 7) is 7.56. The van der Waals surface area contributed by atoms with Crippen LogP contribution in [0.4, 0.5) is 5.69 Å². The third-order valence-corrected chi connectivity index (χ3v) is 3.87. The van der Waals surface area contributed by atoms with Gasteiger partial charge in [-0.25, -0.2) is 4.98 Å². The van der Waals surface area contributed by atoms with Crippen LogP contribution in [-0.2, 0) is 13.6 Å². The zero-order valence-electron chi connectivity index (χ0n) is 15.4. The summed E-state index contributed by atoms with van der Waals surface area (Å²) >= 11 is 0. The molecule has 0 aliphatic rings. The maximum absolute atomic E-state index is 4.25. The van der Waals surface area contributed by atoms with Crippen molar-refractivity contribution in [3.8, 4) is 0 Å². The Labute approximate surface area is 166 Å². The molecule has 0 fully saturated rings. The Morgan fingerprint density at radius 1 is 1.32 bits per heavy atom. The fraction of sp³-hybridized carbons (Fsp3) is 0.471. The zero-order chi connectivity index (χ0) is 17.4. The van der Waals surface area contributed by atoms with E-state index in [1.165, 1.54) is 11.3 Å². The van der Waals surface area contributed by atoms with E-state index in [0.717, 1.165) is 31.4 Å². The van der Waals surface area contributed by atoms with E-state index in [2.05, 4.69) is 68.7 Å². The van der Waals surface area contributed by atoms with Crippen molar-refractivity contribution in [2.45, 2.75) is 20.4 Å². The van der Waals surface area contributed by atoms with Crippen LogP contribution in [0.5, 0.6) is 0 Å². The van der Waals surface area contributed by atoms with Gasteiger partial charge in [0.2, 0.25) is 0 Å². The second kappa shape index (κ2) is 10.9. The van der Waals surface area contributed by atoms with Crippen molar-refractivity contribution >= 4 is 35.6 Å². The number of rotatable bonds is 7. The summed E-state index contributed by atoms with van der Waals surface area (Å²) < 4.78 is 1.75. The van der Waals surface area contributed by atoms with Crippen LogP contribution in [0.25, 0.3) is 0 Å². The van der Waals surface area contributed by atoms with Gasteiger partial charge in [-0.2, -0.15) is 5.10 Å². The molecule has 25 heavy (non-hydrogen) atoms. The molecule has 138 valence electrons. The van der Waals surface area contributed by atoms with Crippen LogP contribution in [0, 0.1) is 6.92 Å². The largest absolute Gasteiger partial charge is 0.370 e. The molecule has 0 spiro atoms. The molecule has 0 saturated heterocycles. The van der Waals surface area contributed by atoms with Crippen molar-refractivity contribution in [2.75, 3.05) is 31.6 Å². The predicted molar refractivity (Wildman–Crippen MR) is 114 cm³/mol. The molecule has 8 heteroatoms. The zero-order valence-corrected chi connectivity index (χ0v) is 17.7. The minimum absolute atomic E-state index is 0. The molecule has 0 aliphatic heterocycles. The number of guanidine groups is 1. The number of nitrogens with zero attached hydrogens (tertiary/aromatic N) is 5. The monoisotopic (exact) mass is 457 g/mol. The van der Waals surface area contributed by atoms with E-state index in [-0.39, 0.29) is 24.0 Å². The quantitative estimate of drug-likeness (QED) is 0.378. The van der Waals surface area contributed by atoms with Crippen molar-refractivity contribution in [1.29, 1.82) is 0 Å². The van der Waals surface area contributed by atoms with Gasteiger partial charge in [0.15, 0.2) is 5.96 Å². The molecule has 0 amide bonds. The molecule has 2 N–H and O–H groups in total. The summed E-state index contributed by atoms with van der Waals surface area (Å²) in [4.78, 5) is 10.8. The van der Waals surface area contributed by atoms with Crippen LogP contribution in [-0.4, -0.2) is 47.4 Å². The molecular formula is C17H28IN7. The summed E-state index contributed by atoms with van der Waals surface area (Å²) in [7, 11) is 3.64. The second-order valence-electron chi connectivity index (χ2n) is 5.57. The minimum atomic E-state index is 0. The van der Waals surface area contributed by atoms with Crippen LogP contribution < -0.4 is 15.5 Å². The smallest absolute Gasteiger partial charge is 0.191 e. The lowest BCUT2D eigenvalue weighted by atomic mass is 10.2. The summed E-state index contributed by atoms with van der Waals surface area (Å²) in [5.41, 5.74) is 2.53. The van der Waals surface area contributed by atoms with Gasteiger partial charge in [0, 0.05) is 39.4 Å². The molecule has 2 rings (SSSR count). The van der Waals surface area contributed by atoms with Crippen LogP contribution in [0.15, 0.2) is 35.6 Å². The van der Waals surface area contributed by atoms with Gasteiger partial charge in [-0.05, 0) is 31.5 Å². The first-order valence-corrected chi connectivity index (χ1v) is 8.23. The van der Waals surface area contributed by atoms with E-state index >= 15 is 0 Å². The van der Waals surface area contributed by atoms with Gasteiger partial charge in [-0.15, -0.1) is 24.0 Å². The van der Waals surface area contributed by atoms with Gasteiger partial charge in [0.1, 0.15) is 12.2 Å². The van der Waals surface area contributed by atoms with Gasteiger partial charge in [0.25, 0.3) is 0 Å². The highest BCUT2D eigenvalue weighted by atomic mass is 127. The number of benzene rings is 1. The number of aromatic nitrogens is 3. The van der Waals surface area contributed by atoms with E-state index < -0.39 is 0 Å². The highest BCUT2D eigenvalue weighted by Crippen LogP contribution is 2.14. The Hall–Kier alpha value is -1.84. The number of nitrogens with one attached hydrogen (secondary N) is 2. The van der Waals surface area contributed by atoms with Gasteiger partial charge >= 0.3 is 0 Å². The summed E-state index contributed by atoms with van der Waals surface area (Å²) in [5, 5.41) is 10.6. The van der Waals surface area contributed by atoms with E-state index in [4.69, 9.17) is 0 Å². The molecular weight excluding hydrogens is 429 g/mol. The van der Waals surface area contributed by atoms with Crippen molar-refractivity contribution in [2.24, 2.45) is 12.0 Å². The standard InChI is InChI=1S/C17H27N7.HI/c1-5-24(15-8-6-7-14(2)11-15)10-9-19-17(18-3)20-12-16-21-13-22-23(16)4;/h6-8,11,13H,5,9-10,12H2,1-4H3,(H2,18,19,20);1H. The number of hydrogen-bond donors (Lipinski definition) is 2. The normalized spacial score (nSPS) is 11.0. The number of aryl methyl sites for hydroxylation is 2. The molecule has 2 aromatic rings. The molecule has 0 aliphatic carbocycles. The lowest BCUT2D eigenvalue weighted by Crippen LogP contribution is -2.41. The fourth-order valence-electron chi connectivity index (χ4n) is 2.47. The molecule has 1 heterocycles.